The first kappa shape index (κ1) is 13.6. The molecule has 1 fully saturated rings. The van der Waals surface area contributed by atoms with Gasteiger partial charge in [0.05, 0.1) is 0 Å². The van der Waals surface area contributed by atoms with Gasteiger partial charge >= 0.3 is 0 Å². The van der Waals surface area contributed by atoms with Gasteiger partial charge in [0.15, 0.2) is 0 Å². The summed E-state index contributed by atoms with van der Waals surface area (Å²) >= 11 is 0. The van der Waals surface area contributed by atoms with Crippen molar-refractivity contribution in [2.24, 2.45) is 5.92 Å². The van der Waals surface area contributed by atoms with Crippen LogP contribution in [0.5, 0.6) is 0 Å². The first-order valence-corrected chi connectivity index (χ1v) is 7.52. The predicted octanol–water partition coefficient (Wildman–Crippen LogP) is 5.52. The quantitative estimate of drug-likeness (QED) is 0.610. The van der Waals surface area contributed by atoms with Gasteiger partial charge in [0.25, 0.3) is 0 Å². The molecule has 0 spiro atoms. The zero-order valence-corrected chi connectivity index (χ0v) is 13.0. The zero-order valence-electron chi connectivity index (χ0n) is 13.0. The summed E-state index contributed by atoms with van der Waals surface area (Å²) in [5, 5.41) is 0. The van der Waals surface area contributed by atoms with Crippen molar-refractivity contribution in [1.82, 2.24) is 0 Å². The summed E-state index contributed by atoms with van der Waals surface area (Å²) in [7, 11) is 0. The molecule has 2 rings (SSSR count). The molecule has 18 heavy (non-hydrogen) atoms. The van der Waals surface area contributed by atoms with Crippen LogP contribution in [0.3, 0.4) is 0 Å². The summed E-state index contributed by atoms with van der Waals surface area (Å²) in [4.78, 5) is 0. The molecule has 1 saturated carbocycles. The molecule has 100 valence electrons. The molecule has 0 N–H and O–H groups in total. The van der Waals surface area contributed by atoms with Crippen molar-refractivity contribution in [2.45, 2.75) is 73.1 Å². The molecule has 2 unspecified atom stereocenters. The SMILES string of the molecule is Cc1c(C)c(C)c(C2CCCCC2C)c(C)c1C. The van der Waals surface area contributed by atoms with Crippen LogP contribution in [0.2, 0.25) is 0 Å². The van der Waals surface area contributed by atoms with E-state index < -0.39 is 0 Å². The second-order valence-electron chi connectivity index (χ2n) is 6.41. The minimum atomic E-state index is 0.803. The molecular formula is C18H28. The van der Waals surface area contributed by atoms with Gasteiger partial charge < -0.3 is 0 Å². The largest absolute Gasteiger partial charge is 0.0619 e. The topological polar surface area (TPSA) is 0 Å². The Morgan fingerprint density at radius 3 is 1.61 bits per heavy atom. The molecule has 0 bridgehead atoms. The van der Waals surface area contributed by atoms with E-state index in [1.807, 2.05) is 0 Å². The summed E-state index contributed by atoms with van der Waals surface area (Å²) in [6.07, 6.45) is 5.65. The van der Waals surface area contributed by atoms with Crippen molar-refractivity contribution in [1.29, 1.82) is 0 Å². The first-order chi connectivity index (χ1) is 8.45. The molecule has 0 aliphatic heterocycles. The normalized spacial score (nSPS) is 24.3. The predicted molar refractivity (Wildman–Crippen MR) is 80.5 cm³/mol. The molecule has 0 aromatic heterocycles. The summed E-state index contributed by atoms with van der Waals surface area (Å²) in [5.41, 5.74) is 9.35. The third kappa shape index (κ3) is 2.11. The second kappa shape index (κ2) is 5.07. The minimum absolute atomic E-state index is 0.803. The van der Waals surface area contributed by atoms with Crippen LogP contribution in [0.25, 0.3) is 0 Å². The van der Waals surface area contributed by atoms with Crippen molar-refractivity contribution >= 4 is 0 Å². The Kier molecular flexibility index (Phi) is 3.84. The van der Waals surface area contributed by atoms with Gasteiger partial charge in [-0.1, -0.05) is 26.2 Å². The monoisotopic (exact) mass is 244 g/mol. The third-order valence-electron chi connectivity index (χ3n) is 5.54. The maximum absolute atomic E-state index is 2.45. The molecule has 0 saturated heterocycles. The van der Waals surface area contributed by atoms with Crippen molar-refractivity contribution in [3.05, 3.63) is 33.4 Å². The Labute approximate surface area is 113 Å². The standard InChI is InChI=1S/C18H28/c1-11-9-7-8-10-17(11)18-15(5)13(3)12(2)14(4)16(18)6/h11,17H,7-10H2,1-6H3. The van der Waals surface area contributed by atoms with Crippen LogP contribution in [0, 0.1) is 40.5 Å². The number of benzene rings is 1. The fraction of sp³-hybridized carbons (Fsp3) is 0.667. The van der Waals surface area contributed by atoms with Crippen LogP contribution in [0.1, 0.15) is 71.9 Å². The van der Waals surface area contributed by atoms with E-state index in [1.54, 1.807) is 16.7 Å². The van der Waals surface area contributed by atoms with Crippen molar-refractivity contribution in [3.63, 3.8) is 0 Å². The molecule has 0 amide bonds. The number of hydrogen-bond donors (Lipinski definition) is 0. The van der Waals surface area contributed by atoms with E-state index in [2.05, 4.69) is 41.5 Å². The van der Waals surface area contributed by atoms with Crippen LogP contribution >= 0.6 is 0 Å². The maximum Gasteiger partial charge on any atom is -0.0131 e. The van der Waals surface area contributed by atoms with Gasteiger partial charge in [-0.05, 0) is 86.3 Å². The lowest BCUT2D eigenvalue weighted by molar-refractivity contribution is 0.328. The van der Waals surface area contributed by atoms with Crippen molar-refractivity contribution in [2.75, 3.05) is 0 Å². The van der Waals surface area contributed by atoms with E-state index in [9.17, 15) is 0 Å². The Morgan fingerprint density at radius 2 is 1.11 bits per heavy atom. The molecule has 1 aliphatic carbocycles. The molecule has 1 aromatic rings. The van der Waals surface area contributed by atoms with Gasteiger partial charge in [0.1, 0.15) is 0 Å². The van der Waals surface area contributed by atoms with E-state index in [0.717, 1.165) is 11.8 Å². The molecule has 2 atom stereocenters. The highest BCUT2D eigenvalue weighted by Crippen LogP contribution is 2.42. The molecule has 1 aliphatic rings. The summed E-state index contributed by atoms with van der Waals surface area (Å²) < 4.78 is 0. The minimum Gasteiger partial charge on any atom is -0.0619 e. The molecule has 0 heterocycles. The fourth-order valence-corrected chi connectivity index (χ4v) is 3.83. The van der Waals surface area contributed by atoms with E-state index >= 15 is 0 Å². The molecule has 0 heteroatoms. The van der Waals surface area contributed by atoms with E-state index in [4.69, 9.17) is 0 Å². The summed E-state index contributed by atoms with van der Waals surface area (Å²) in [6, 6.07) is 0. The highest BCUT2D eigenvalue weighted by Gasteiger charge is 2.27. The third-order valence-corrected chi connectivity index (χ3v) is 5.54. The Bertz CT molecular complexity index is 425. The van der Waals surface area contributed by atoms with Crippen LogP contribution in [-0.4, -0.2) is 0 Å². The van der Waals surface area contributed by atoms with E-state index in [1.165, 1.54) is 42.4 Å². The average molecular weight is 244 g/mol. The van der Waals surface area contributed by atoms with E-state index in [-0.39, 0.29) is 0 Å². The molecule has 0 nitrogen and oxygen atoms in total. The van der Waals surface area contributed by atoms with Crippen molar-refractivity contribution in [3.8, 4) is 0 Å². The van der Waals surface area contributed by atoms with Crippen LogP contribution in [0.15, 0.2) is 0 Å². The molecular weight excluding hydrogens is 216 g/mol. The fourth-order valence-electron chi connectivity index (χ4n) is 3.83. The lowest BCUT2D eigenvalue weighted by Gasteiger charge is -2.33. The molecule has 1 aromatic carbocycles. The van der Waals surface area contributed by atoms with Gasteiger partial charge in [-0.15, -0.1) is 0 Å². The number of rotatable bonds is 1. The summed E-state index contributed by atoms with van der Waals surface area (Å²) in [5.74, 6) is 1.66. The van der Waals surface area contributed by atoms with Gasteiger partial charge in [-0.3, -0.25) is 0 Å². The van der Waals surface area contributed by atoms with Crippen LogP contribution < -0.4 is 0 Å². The zero-order chi connectivity index (χ0) is 13.4. The van der Waals surface area contributed by atoms with Gasteiger partial charge in [-0.25, -0.2) is 0 Å². The Morgan fingerprint density at radius 1 is 0.667 bits per heavy atom. The first-order valence-electron chi connectivity index (χ1n) is 7.52. The molecule has 0 radical (unpaired) electrons. The highest BCUT2D eigenvalue weighted by molar-refractivity contribution is 5.51. The van der Waals surface area contributed by atoms with Gasteiger partial charge in [0.2, 0.25) is 0 Å². The average Bonchev–Trinajstić information content (AvgIpc) is 2.36. The summed E-state index contributed by atoms with van der Waals surface area (Å²) in [6.45, 7) is 14.0. The highest BCUT2D eigenvalue weighted by atomic mass is 14.3. The van der Waals surface area contributed by atoms with Crippen molar-refractivity contribution < 1.29 is 0 Å². The lowest BCUT2D eigenvalue weighted by Crippen LogP contribution is -2.18. The van der Waals surface area contributed by atoms with E-state index in [0.29, 0.717) is 0 Å². The number of hydrogen-bond acceptors (Lipinski definition) is 0. The van der Waals surface area contributed by atoms with Crippen LogP contribution in [0.4, 0.5) is 0 Å². The Hall–Kier alpha value is -0.780. The lowest BCUT2D eigenvalue weighted by atomic mass is 9.72. The smallest absolute Gasteiger partial charge is 0.0131 e. The van der Waals surface area contributed by atoms with Crippen LogP contribution in [-0.2, 0) is 0 Å². The maximum atomic E-state index is 2.45. The second-order valence-corrected chi connectivity index (χ2v) is 6.41. The Balaban J connectivity index is 2.56. The van der Waals surface area contributed by atoms with Gasteiger partial charge in [-0.2, -0.15) is 0 Å². The van der Waals surface area contributed by atoms with Gasteiger partial charge in [0, 0.05) is 0 Å².